The maximum absolute atomic E-state index is 13.5. The Kier molecular flexibility index (Phi) is 7.33. The van der Waals surface area contributed by atoms with Crippen LogP contribution in [0.15, 0.2) is 43.0 Å². The fourth-order valence-electron chi connectivity index (χ4n) is 4.59. The summed E-state index contributed by atoms with van der Waals surface area (Å²) in [6.07, 6.45) is 1.68. The van der Waals surface area contributed by atoms with E-state index in [9.17, 15) is 14.4 Å². The minimum atomic E-state index is -1.16. The van der Waals surface area contributed by atoms with E-state index in [0.29, 0.717) is 18.8 Å². The van der Waals surface area contributed by atoms with Crippen molar-refractivity contribution in [1.82, 2.24) is 30.4 Å². The Bertz CT molecular complexity index is 1160. The molecule has 2 aromatic rings. The molecule has 0 radical (unpaired) electrons. The molecule has 4 rings (SSSR count). The third kappa shape index (κ3) is 5.81. The van der Waals surface area contributed by atoms with Gasteiger partial charge in [0.1, 0.15) is 17.2 Å². The molecule has 1 N–H and O–H groups in total. The Hall–Kier alpha value is -3.76. The smallest absolute Gasteiger partial charge is 0.410 e. The minimum absolute atomic E-state index is 0.182. The molecule has 1 aromatic heterocycles. The fraction of sp³-hybridized carbons (Fsp3) is 0.538. The topological polar surface area (TPSA) is 129 Å². The van der Waals surface area contributed by atoms with Gasteiger partial charge in [-0.1, -0.05) is 36.4 Å². The van der Waals surface area contributed by atoms with E-state index in [4.69, 9.17) is 9.47 Å². The van der Waals surface area contributed by atoms with E-state index in [2.05, 4.69) is 27.3 Å². The Morgan fingerprint density at radius 1 is 1.24 bits per heavy atom. The van der Waals surface area contributed by atoms with E-state index in [-0.39, 0.29) is 31.4 Å². The highest BCUT2D eigenvalue weighted by atomic mass is 16.6. The fourth-order valence-corrected chi connectivity index (χ4v) is 4.59. The predicted octanol–water partition coefficient (Wildman–Crippen LogP) is 2.44. The quantitative estimate of drug-likeness (QED) is 0.424. The summed E-state index contributed by atoms with van der Waals surface area (Å²) < 4.78 is 10.8. The molecule has 0 unspecified atom stereocenters. The van der Waals surface area contributed by atoms with Crippen molar-refractivity contribution in [2.24, 2.45) is 5.92 Å². The number of nitrogens with one attached hydrogen (secondary N) is 1. The highest BCUT2D eigenvalue weighted by molar-refractivity contribution is 5.95. The van der Waals surface area contributed by atoms with E-state index in [0.717, 1.165) is 5.56 Å². The molecule has 0 spiro atoms. The molecule has 4 atom stereocenters. The second-order valence-electron chi connectivity index (χ2n) is 10.5. The van der Waals surface area contributed by atoms with Crippen molar-refractivity contribution in [3.8, 4) is 0 Å². The van der Waals surface area contributed by atoms with Crippen molar-refractivity contribution >= 4 is 18.0 Å². The van der Waals surface area contributed by atoms with Crippen molar-refractivity contribution in [1.29, 1.82) is 0 Å². The van der Waals surface area contributed by atoms with Gasteiger partial charge in [0.15, 0.2) is 5.82 Å². The largest absolute Gasteiger partial charge is 0.464 e. The summed E-state index contributed by atoms with van der Waals surface area (Å²) in [5.41, 5.74) is -0.885. The number of benzene rings is 1. The van der Waals surface area contributed by atoms with Crippen LogP contribution in [-0.4, -0.2) is 73.4 Å². The summed E-state index contributed by atoms with van der Waals surface area (Å²) in [4.78, 5) is 42.1. The molecule has 1 saturated carbocycles. The number of carbonyl (C=O) groups is 3. The lowest BCUT2D eigenvalue weighted by Crippen LogP contribution is -2.53. The average molecular weight is 511 g/mol. The predicted molar refractivity (Wildman–Crippen MR) is 133 cm³/mol. The normalized spacial score (nSPS) is 24.9. The molecule has 1 aliphatic heterocycles. The number of rotatable bonds is 8. The van der Waals surface area contributed by atoms with Gasteiger partial charge in [0, 0.05) is 18.4 Å². The van der Waals surface area contributed by atoms with E-state index in [1.165, 1.54) is 9.70 Å². The first-order chi connectivity index (χ1) is 17.6. The van der Waals surface area contributed by atoms with Crippen molar-refractivity contribution in [2.75, 3.05) is 13.2 Å². The van der Waals surface area contributed by atoms with Gasteiger partial charge >= 0.3 is 12.1 Å². The molecule has 1 aliphatic carbocycles. The van der Waals surface area contributed by atoms with Crippen molar-refractivity contribution < 1.29 is 23.9 Å². The van der Waals surface area contributed by atoms with Gasteiger partial charge in [-0.2, -0.15) is 4.80 Å². The molecule has 198 valence electrons. The summed E-state index contributed by atoms with van der Waals surface area (Å²) in [5.74, 6) is -1.09. The van der Waals surface area contributed by atoms with Crippen LogP contribution in [-0.2, 0) is 25.6 Å². The number of carbonyl (C=O) groups excluding carboxylic acids is 3. The van der Waals surface area contributed by atoms with Gasteiger partial charge in [0.2, 0.25) is 5.91 Å². The van der Waals surface area contributed by atoms with Crippen molar-refractivity contribution in [3.63, 3.8) is 0 Å². The molecular weight excluding hydrogens is 476 g/mol. The standard InChI is InChI=1S/C26H34N6O5/c1-6-19-14-26(19,23(34)36-7-2)27-22(33)20-13-18(16-31(20)24(35)37-25(3,4)5)21-28-30-32(29-21)15-17-11-9-8-10-12-17/h6,8-12,18-20H,1,7,13-16H2,2-5H3,(H,27,33)/t18-,19-,20+,26-/m1/s1. The maximum Gasteiger partial charge on any atom is 0.410 e. The van der Waals surface area contributed by atoms with Gasteiger partial charge in [0.25, 0.3) is 0 Å². The molecule has 11 heteroatoms. The van der Waals surface area contributed by atoms with Crippen LogP contribution in [0.3, 0.4) is 0 Å². The lowest BCUT2D eigenvalue weighted by molar-refractivity contribution is -0.149. The second-order valence-corrected chi connectivity index (χ2v) is 10.5. The molecule has 0 bridgehead atoms. The number of aromatic nitrogens is 4. The van der Waals surface area contributed by atoms with E-state index in [1.807, 2.05) is 30.3 Å². The van der Waals surface area contributed by atoms with Crippen LogP contribution in [0.4, 0.5) is 4.79 Å². The molecule has 37 heavy (non-hydrogen) atoms. The second kappa shape index (κ2) is 10.3. The lowest BCUT2D eigenvalue weighted by atomic mass is 10.0. The molecular formula is C26H34N6O5. The third-order valence-electron chi connectivity index (χ3n) is 6.52. The zero-order valence-electron chi connectivity index (χ0n) is 21.7. The van der Waals surface area contributed by atoms with Gasteiger partial charge < -0.3 is 14.8 Å². The average Bonchev–Trinajstić information content (AvgIpc) is 3.16. The summed E-state index contributed by atoms with van der Waals surface area (Å²) in [6.45, 7) is 11.6. The number of nitrogens with zero attached hydrogens (tertiary/aromatic N) is 5. The molecule has 11 nitrogen and oxygen atoms in total. The number of amides is 2. The van der Waals surface area contributed by atoms with Crippen molar-refractivity contribution in [2.45, 2.75) is 70.2 Å². The summed E-state index contributed by atoms with van der Waals surface area (Å²) in [6, 6.07) is 8.87. The highest BCUT2D eigenvalue weighted by Crippen LogP contribution is 2.46. The monoisotopic (exact) mass is 510 g/mol. The maximum atomic E-state index is 13.5. The molecule has 2 amide bonds. The molecule has 2 fully saturated rings. The Morgan fingerprint density at radius 3 is 2.59 bits per heavy atom. The zero-order valence-corrected chi connectivity index (χ0v) is 21.7. The van der Waals surface area contributed by atoms with Gasteiger partial charge in [-0.05, 0) is 51.3 Å². The molecule has 1 aromatic carbocycles. The van der Waals surface area contributed by atoms with Crippen LogP contribution in [0.5, 0.6) is 0 Å². The number of esters is 1. The number of hydrogen-bond donors (Lipinski definition) is 1. The zero-order chi connectivity index (χ0) is 26.8. The van der Waals surface area contributed by atoms with Crippen LogP contribution < -0.4 is 5.32 Å². The van der Waals surface area contributed by atoms with Crippen LogP contribution in [0, 0.1) is 5.92 Å². The number of ether oxygens (including phenoxy) is 2. The van der Waals surface area contributed by atoms with Gasteiger partial charge in [-0.25, -0.2) is 9.59 Å². The van der Waals surface area contributed by atoms with Crippen LogP contribution in [0.25, 0.3) is 0 Å². The van der Waals surface area contributed by atoms with Gasteiger partial charge in [-0.15, -0.1) is 16.8 Å². The molecule has 1 saturated heterocycles. The molecule has 2 aliphatic rings. The SMILES string of the molecule is C=C[C@@H]1C[C@]1(NC(=O)[C@@H]1C[C@@H](c2nnn(Cc3ccccc3)n2)CN1C(=O)OC(C)(C)C)C(=O)OCC. The first-order valence-corrected chi connectivity index (χ1v) is 12.5. The number of tetrazole rings is 1. The number of hydrogen-bond acceptors (Lipinski definition) is 8. The first-order valence-electron chi connectivity index (χ1n) is 12.5. The third-order valence-corrected chi connectivity index (χ3v) is 6.52. The van der Waals surface area contributed by atoms with Gasteiger partial charge in [-0.3, -0.25) is 9.69 Å². The van der Waals surface area contributed by atoms with Crippen LogP contribution in [0.1, 0.15) is 57.8 Å². The Morgan fingerprint density at radius 2 is 1.97 bits per heavy atom. The molecule has 2 heterocycles. The summed E-state index contributed by atoms with van der Waals surface area (Å²) in [7, 11) is 0. The van der Waals surface area contributed by atoms with E-state index >= 15 is 0 Å². The Balaban J connectivity index is 1.53. The first kappa shape index (κ1) is 26.3. The van der Waals surface area contributed by atoms with Crippen LogP contribution >= 0.6 is 0 Å². The minimum Gasteiger partial charge on any atom is -0.464 e. The van der Waals surface area contributed by atoms with Crippen molar-refractivity contribution in [3.05, 3.63) is 54.4 Å². The lowest BCUT2D eigenvalue weighted by Gasteiger charge is -2.29. The van der Waals surface area contributed by atoms with Crippen LogP contribution in [0.2, 0.25) is 0 Å². The number of likely N-dealkylation sites (tertiary alicyclic amines) is 1. The van der Waals surface area contributed by atoms with E-state index < -0.39 is 35.2 Å². The Labute approximate surface area is 216 Å². The summed E-state index contributed by atoms with van der Waals surface area (Å²) in [5, 5.41) is 15.7. The van der Waals surface area contributed by atoms with Gasteiger partial charge in [0.05, 0.1) is 13.2 Å². The summed E-state index contributed by atoms with van der Waals surface area (Å²) >= 11 is 0. The highest BCUT2D eigenvalue weighted by Gasteiger charge is 2.62. The van der Waals surface area contributed by atoms with E-state index in [1.54, 1.807) is 33.8 Å².